The zero-order valence-electron chi connectivity index (χ0n) is 11.9. The fourth-order valence-electron chi connectivity index (χ4n) is 3.27. The molecule has 2 aliphatic carbocycles. The lowest BCUT2D eigenvalue weighted by Crippen LogP contribution is -2.59. The molecule has 3 aliphatic rings. The lowest BCUT2D eigenvalue weighted by molar-refractivity contribution is -0.138. The Morgan fingerprint density at radius 2 is 1.90 bits per heavy atom. The number of hydrogen-bond acceptors (Lipinski definition) is 3. The molecule has 1 saturated heterocycles. The second kappa shape index (κ2) is 5.35. The number of rotatable bonds is 4. The third-order valence-corrected chi connectivity index (χ3v) is 5.03. The number of nitrogens with zero attached hydrogens (tertiary/aromatic N) is 1. The van der Waals surface area contributed by atoms with Crippen molar-refractivity contribution in [1.29, 1.82) is 0 Å². The zero-order chi connectivity index (χ0) is 14.2. The van der Waals surface area contributed by atoms with Gasteiger partial charge >= 0.3 is 0 Å². The van der Waals surface area contributed by atoms with Crippen LogP contribution in [0, 0.1) is 11.8 Å². The summed E-state index contributed by atoms with van der Waals surface area (Å²) in [5.41, 5.74) is -0.375. The molecule has 2 N–H and O–H groups in total. The van der Waals surface area contributed by atoms with Crippen LogP contribution in [0.1, 0.15) is 44.9 Å². The normalized spacial score (nSPS) is 28.6. The minimum Gasteiger partial charge on any atom is -0.394 e. The zero-order valence-corrected chi connectivity index (χ0v) is 11.9. The number of aliphatic hydroxyl groups is 1. The summed E-state index contributed by atoms with van der Waals surface area (Å²) in [6.07, 6.45) is 6.58. The summed E-state index contributed by atoms with van der Waals surface area (Å²) in [5.74, 6) is 0.387. The van der Waals surface area contributed by atoms with Gasteiger partial charge in [-0.3, -0.25) is 9.59 Å². The van der Waals surface area contributed by atoms with E-state index in [1.54, 1.807) is 0 Å². The number of amides is 2. The van der Waals surface area contributed by atoms with Gasteiger partial charge in [-0.05, 0) is 44.9 Å². The maximum atomic E-state index is 12.4. The summed E-state index contributed by atoms with van der Waals surface area (Å²) in [6.45, 7) is 1.38. The highest BCUT2D eigenvalue weighted by Crippen LogP contribution is 2.34. The minimum atomic E-state index is -0.375. The summed E-state index contributed by atoms with van der Waals surface area (Å²) in [4.78, 5) is 26.3. The Bertz CT molecular complexity index is 396. The minimum absolute atomic E-state index is 0.0204. The van der Waals surface area contributed by atoms with E-state index in [2.05, 4.69) is 5.32 Å². The van der Waals surface area contributed by atoms with E-state index in [0.29, 0.717) is 6.54 Å². The van der Waals surface area contributed by atoms with Crippen molar-refractivity contribution in [1.82, 2.24) is 10.2 Å². The monoisotopic (exact) mass is 280 g/mol. The molecule has 5 heteroatoms. The van der Waals surface area contributed by atoms with Gasteiger partial charge in [0.25, 0.3) is 0 Å². The predicted octanol–water partition coefficient (Wildman–Crippen LogP) is 0.666. The molecule has 0 bridgehead atoms. The molecular weight excluding hydrogens is 256 g/mol. The van der Waals surface area contributed by atoms with Gasteiger partial charge in [0.15, 0.2) is 0 Å². The van der Waals surface area contributed by atoms with Crippen molar-refractivity contribution in [3.63, 3.8) is 0 Å². The van der Waals surface area contributed by atoms with Crippen molar-refractivity contribution >= 4 is 11.8 Å². The third-order valence-electron chi connectivity index (χ3n) is 5.03. The molecule has 20 heavy (non-hydrogen) atoms. The highest BCUT2D eigenvalue weighted by molar-refractivity contribution is 5.84. The quantitative estimate of drug-likeness (QED) is 0.795. The molecule has 1 atom stereocenters. The van der Waals surface area contributed by atoms with Gasteiger partial charge in [0, 0.05) is 19.0 Å². The Morgan fingerprint density at radius 1 is 1.15 bits per heavy atom. The number of likely N-dealkylation sites (tertiary alicyclic amines) is 1. The van der Waals surface area contributed by atoms with Crippen molar-refractivity contribution in [3.8, 4) is 0 Å². The molecule has 0 aromatic carbocycles. The van der Waals surface area contributed by atoms with E-state index < -0.39 is 0 Å². The molecule has 112 valence electrons. The van der Waals surface area contributed by atoms with Crippen LogP contribution in [-0.4, -0.2) is 47.1 Å². The van der Waals surface area contributed by atoms with Gasteiger partial charge in [0.05, 0.1) is 18.1 Å². The number of aliphatic hydroxyl groups excluding tert-OH is 1. The Morgan fingerprint density at radius 3 is 2.45 bits per heavy atom. The molecule has 0 aromatic rings. The van der Waals surface area contributed by atoms with Crippen molar-refractivity contribution in [2.24, 2.45) is 11.8 Å². The Balaban J connectivity index is 1.55. The van der Waals surface area contributed by atoms with Crippen LogP contribution in [0.3, 0.4) is 0 Å². The average molecular weight is 280 g/mol. The van der Waals surface area contributed by atoms with Crippen LogP contribution in [0.5, 0.6) is 0 Å². The van der Waals surface area contributed by atoms with Crippen LogP contribution < -0.4 is 5.32 Å². The Hall–Kier alpha value is -1.10. The van der Waals surface area contributed by atoms with Gasteiger partial charge in [-0.25, -0.2) is 0 Å². The maximum Gasteiger partial charge on any atom is 0.225 e. The summed E-state index contributed by atoms with van der Waals surface area (Å²) >= 11 is 0. The largest absolute Gasteiger partial charge is 0.394 e. The second-order valence-electron chi connectivity index (χ2n) is 6.68. The molecule has 0 spiro atoms. The number of carbonyl (C=O) groups excluding carboxylic acids is 2. The molecule has 0 aromatic heterocycles. The first kappa shape index (κ1) is 13.9. The maximum absolute atomic E-state index is 12.4. The first-order valence-corrected chi connectivity index (χ1v) is 7.85. The van der Waals surface area contributed by atoms with Gasteiger partial charge in [-0.1, -0.05) is 0 Å². The van der Waals surface area contributed by atoms with Gasteiger partial charge in [0.2, 0.25) is 11.8 Å². The molecule has 1 unspecified atom stereocenters. The van der Waals surface area contributed by atoms with E-state index >= 15 is 0 Å². The van der Waals surface area contributed by atoms with E-state index in [-0.39, 0.29) is 35.8 Å². The smallest absolute Gasteiger partial charge is 0.225 e. The fraction of sp³-hybridized carbons (Fsp3) is 0.867. The highest BCUT2D eigenvalue weighted by Gasteiger charge is 2.41. The second-order valence-corrected chi connectivity index (χ2v) is 6.68. The molecule has 2 amide bonds. The molecule has 3 fully saturated rings. The van der Waals surface area contributed by atoms with Crippen molar-refractivity contribution in [2.75, 3.05) is 19.7 Å². The van der Waals surface area contributed by atoms with E-state index in [9.17, 15) is 14.7 Å². The molecule has 1 heterocycles. The van der Waals surface area contributed by atoms with Gasteiger partial charge < -0.3 is 15.3 Å². The average Bonchev–Trinajstić information content (AvgIpc) is 3.26. The predicted molar refractivity (Wildman–Crippen MR) is 73.8 cm³/mol. The molecule has 3 rings (SSSR count). The van der Waals surface area contributed by atoms with Crippen LogP contribution in [-0.2, 0) is 9.59 Å². The lowest BCUT2D eigenvalue weighted by atomic mass is 9.77. The summed E-state index contributed by atoms with van der Waals surface area (Å²) in [6, 6.07) is 0. The van der Waals surface area contributed by atoms with Crippen LogP contribution >= 0.6 is 0 Å². The van der Waals surface area contributed by atoms with Crippen molar-refractivity contribution in [3.05, 3.63) is 0 Å². The topological polar surface area (TPSA) is 69.6 Å². The fourth-order valence-corrected chi connectivity index (χ4v) is 3.27. The summed E-state index contributed by atoms with van der Waals surface area (Å²) in [5, 5.41) is 12.5. The van der Waals surface area contributed by atoms with E-state index in [1.807, 2.05) is 4.90 Å². The van der Waals surface area contributed by atoms with Crippen molar-refractivity contribution in [2.45, 2.75) is 50.5 Å². The number of hydrogen-bond donors (Lipinski definition) is 2. The molecule has 0 radical (unpaired) electrons. The molecular formula is C15H24N2O3. The SMILES string of the molecule is O=C(NC1(CO)CCC1)C1CCCN(C(=O)C2CC2)C1. The van der Waals surface area contributed by atoms with E-state index in [1.165, 1.54) is 0 Å². The third kappa shape index (κ3) is 2.68. The Labute approximate surface area is 119 Å². The van der Waals surface area contributed by atoms with Gasteiger partial charge in [0.1, 0.15) is 0 Å². The van der Waals surface area contributed by atoms with E-state index in [0.717, 1.165) is 51.5 Å². The molecule has 2 saturated carbocycles. The first-order chi connectivity index (χ1) is 9.63. The van der Waals surface area contributed by atoms with Crippen LogP contribution in [0.25, 0.3) is 0 Å². The first-order valence-electron chi connectivity index (χ1n) is 7.85. The molecule has 5 nitrogen and oxygen atoms in total. The van der Waals surface area contributed by atoms with Gasteiger partial charge in [-0.15, -0.1) is 0 Å². The van der Waals surface area contributed by atoms with Crippen LogP contribution in [0.15, 0.2) is 0 Å². The van der Waals surface area contributed by atoms with Crippen LogP contribution in [0.2, 0.25) is 0 Å². The highest BCUT2D eigenvalue weighted by atomic mass is 16.3. The number of nitrogens with one attached hydrogen (secondary N) is 1. The Kier molecular flexibility index (Phi) is 3.71. The summed E-state index contributed by atoms with van der Waals surface area (Å²) in [7, 11) is 0. The standard InChI is InChI=1S/C15H24N2O3/c18-10-15(6-2-7-15)16-13(19)12-3-1-8-17(9-12)14(20)11-4-5-11/h11-12,18H,1-10H2,(H,16,19). The number of piperidine rings is 1. The van der Waals surface area contributed by atoms with E-state index in [4.69, 9.17) is 0 Å². The molecule has 1 aliphatic heterocycles. The number of carbonyl (C=O) groups is 2. The van der Waals surface area contributed by atoms with Crippen molar-refractivity contribution < 1.29 is 14.7 Å². The van der Waals surface area contributed by atoms with Crippen LogP contribution in [0.4, 0.5) is 0 Å². The van der Waals surface area contributed by atoms with Gasteiger partial charge in [-0.2, -0.15) is 0 Å². The lowest BCUT2D eigenvalue weighted by Gasteiger charge is -2.42. The summed E-state index contributed by atoms with van der Waals surface area (Å²) < 4.78 is 0.